The summed E-state index contributed by atoms with van der Waals surface area (Å²) < 4.78 is 26.1. The first-order valence-corrected chi connectivity index (χ1v) is 7.17. The lowest BCUT2D eigenvalue weighted by atomic mass is 10.2. The Kier molecular flexibility index (Phi) is 5.18. The van der Waals surface area contributed by atoms with Gasteiger partial charge in [-0.25, -0.2) is 13.8 Å². The van der Waals surface area contributed by atoms with Gasteiger partial charge in [0.15, 0.2) is 0 Å². The van der Waals surface area contributed by atoms with E-state index in [1.165, 1.54) is 12.8 Å². The van der Waals surface area contributed by atoms with Crippen molar-refractivity contribution in [3.63, 3.8) is 0 Å². The Bertz CT molecular complexity index is 520. The molecule has 3 rings (SSSR count). The highest BCUT2D eigenvalue weighted by Crippen LogP contribution is 2.26. The first-order chi connectivity index (χ1) is 10.0. The highest BCUT2D eigenvalue weighted by atomic mass is 35.5. The molecule has 0 aromatic carbocycles. The van der Waals surface area contributed by atoms with E-state index in [1.54, 1.807) is 12.3 Å². The van der Waals surface area contributed by atoms with Gasteiger partial charge in [0.1, 0.15) is 5.82 Å². The van der Waals surface area contributed by atoms with Crippen molar-refractivity contribution < 1.29 is 13.6 Å². The van der Waals surface area contributed by atoms with Crippen LogP contribution in [0.4, 0.5) is 20.3 Å². The number of hydrogen-bond acceptors (Lipinski definition) is 4. The Morgan fingerprint density at radius 3 is 2.64 bits per heavy atom. The average Bonchev–Trinajstić information content (AvgIpc) is 3.09. The maximum Gasteiger partial charge on any atom is 0.262 e. The molecule has 1 aromatic rings. The number of carbonyl (C=O) groups is 1. The second-order valence-corrected chi connectivity index (χ2v) is 5.58. The number of hydrogen-bond donors (Lipinski definition) is 2. The Balaban J connectivity index is 0.00000176. The fourth-order valence-electron chi connectivity index (χ4n) is 2.74. The van der Waals surface area contributed by atoms with Crippen molar-refractivity contribution in [1.82, 2.24) is 10.3 Å². The molecule has 8 heteroatoms. The number of amides is 1. The summed E-state index contributed by atoms with van der Waals surface area (Å²) in [5.74, 6) is -2.89. The molecule has 2 saturated heterocycles. The van der Waals surface area contributed by atoms with Crippen molar-refractivity contribution in [3.05, 3.63) is 18.3 Å². The van der Waals surface area contributed by atoms with Gasteiger partial charge in [-0.2, -0.15) is 0 Å². The zero-order valence-electron chi connectivity index (χ0n) is 12.0. The van der Waals surface area contributed by atoms with Crippen LogP contribution in [0.25, 0.3) is 0 Å². The van der Waals surface area contributed by atoms with Crippen LogP contribution in [0.2, 0.25) is 0 Å². The van der Waals surface area contributed by atoms with Crippen LogP contribution < -0.4 is 15.5 Å². The zero-order valence-corrected chi connectivity index (χ0v) is 12.8. The highest BCUT2D eigenvalue weighted by molar-refractivity contribution is 5.94. The SMILES string of the molecule is Cl.O=C(Nc1ccc(N2CCCC2)cn1)C1CC(F)(F)CN1. The molecular formula is C14H19ClF2N4O. The minimum Gasteiger partial charge on any atom is -0.370 e. The third-order valence-electron chi connectivity index (χ3n) is 3.90. The van der Waals surface area contributed by atoms with Crippen LogP contribution in [0.3, 0.4) is 0 Å². The molecule has 5 nitrogen and oxygen atoms in total. The molecule has 1 atom stereocenters. The summed E-state index contributed by atoms with van der Waals surface area (Å²) in [6, 6.07) is 2.74. The van der Waals surface area contributed by atoms with Crippen LogP contribution in [0, 0.1) is 0 Å². The van der Waals surface area contributed by atoms with Crippen molar-refractivity contribution >= 4 is 29.8 Å². The smallest absolute Gasteiger partial charge is 0.262 e. The van der Waals surface area contributed by atoms with Gasteiger partial charge in [-0.05, 0) is 25.0 Å². The minimum absolute atomic E-state index is 0. The lowest BCUT2D eigenvalue weighted by molar-refractivity contribution is -0.118. The van der Waals surface area contributed by atoms with E-state index in [1.807, 2.05) is 6.07 Å². The molecule has 2 fully saturated rings. The van der Waals surface area contributed by atoms with Crippen LogP contribution in [0.15, 0.2) is 18.3 Å². The van der Waals surface area contributed by atoms with Crippen molar-refractivity contribution in [2.45, 2.75) is 31.2 Å². The standard InChI is InChI=1S/C14H18F2N4O.ClH/c15-14(16)7-11(18-9-14)13(21)19-12-4-3-10(8-17-12)20-5-1-2-6-20;/h3-4,8,11,18H,1-2,5-7,9H2,(H,17,19,21);1H. The number of nitrogens with zero attached hydrogens (tertiary/aromatic N) is 2. The summed E-state index contributed by atoms with van der Waals surface area (Å²) in [4.78, 5) is 18.3. The summed E-state index contributed by atoms with van der Waals surface area (Å²) in [6.07, 6.45) is 3.60. The minimum atomic E-state index is -2.81. The van der Waals surface area contributed by atoms with E-state index in [0.29, 0.717) is 5.82 Å². The van der Waals surface area contributed by atoms with Crippen LogP contribution in [0.1, 0.15) is 19.3 Å². The van der Waals surface area contributed by atoms with Gasteiger partial charge >= 0.3 is 0 Å². The molecule has 1 amide bonds. The highest BCUT2D eigenvalue weighted by Gasteiger charge is 2.42. The Morgan fingerprint density at radius 2 is 2.09 bits per heavy atom. The van der Waals surface area contributed by atoms with Gasteiger partial charge in [-0.3, -0.25) is 10.1 Å². The molecule has 2 N–H and O–H groups in total. The van der Waals surface area contributed by atoms with Crippen LogP contribution in [-0.2, 0) is 4.79 Å². The van der Waals surface area contributed by atoms with Gasteiger partial charge in [0, 0.05) is 19.5 Å². The van der Waals surface area contributed by atoms with Gasteiger partial charge in [0.25, 0.3) is 5.92 Å². The number of aromatic nitrogens is 1. The van der Waals surface area contributed by atoms with E-state index in [0.717, 1.165) is 18.8 Å². The van der Waals surface area contributed by atoms with Crippen LogP contribution >= 0.6 is 12.4 Å². The molecule has 0 radical (unpaired) electrons. The van der Waals surface area contributed by atoms with E-state index in [9.17, 15) is 13.6 Å². The maximum atomic E-state index is 13.1. The molecule has 2 aliphatic heterocycles. The Labute approximate surface area is 133 Å². The molecule has 122 valence electrons. The fourth-order valence-corrected chi connectivity index (χ4v) is 2.74. The van der Waals surface area contributed by atoms with Gasteiger partial charge in [-0.1, -0.05) is 0 Å². The molecule has 1 aromatic heterocycles. The summed E-state index contributed by atoms with van der Waals surface area (Å²) in [5.41, 5.74) is 1.02. The summed E-state index contributed by atoms with van der Waals surface area (Å²) in [7, 11) is 0. The second-order valence-electron chi connectivity index (χ2n) is 5.58. The van der Waals surface area contributed by atoms with Crippen LogP contribution in [0.5, 0.6) is 0 Å². The molecular weight excluding hydrogens is 314 g/mol. The Hall–Kier alpha value is -1.47. The number of halogens is 3. The number of rotatable bonds is 3. The quantitative estimate of drug-likeness (QED) is 0.889. The van der Waals surface area contributed by atoms with Crippen molar-refractivity contribution in [2.24, 2.45) is 0 Å². The first kappa shape index (κ1) is 16.9. The van der Waals surface area contributed by atoms with E-state index >= 15 is 0 Å². The average molecular weight is 333 g/mol. The van der Waals surface area contributed by atoms with Crippen LogP contribution in [-0.4, -0.2) is 42.5 Å². The normalized spacial score (nSPS) is 23.2. The van der Waals surface area contributed by atoms with Gasteiger partial charge in [-0.15, -0.1) is 12.4 Å². The number of alkyl halides is 2. The molecule has 3 heterocycles. The molecule has 2 aliphatic rings. The number of anilines is 2. The third kappa shape index (κ3) is 3.84. The largest absolute Gasteiger partial charge is 0.370 e. The zero-order chi connectivity index (χ0) is 14.9. The van der Waals surface area contributed by atoms with Gasteiger partial charge in [0.05, 0.1) is 24.5 Å². The van der Waals surface area contributed by atoms with Crippen molar-refractivity contribution in [3.8, 4) is 0 Å². The van der Waals surface area contributed by atoms with E-state index in [2.05, 4.69) is 20.5 Å². The number of nitrogens with one attached hydrogen (secondary N) is 2. The summed E-state index contributed by atoms with van der Waals surface area (Å²) >= 11 is 0. The molecule has 1 unspecified atom stereocenters. The summed E-state index contributed by atoms with van der Waals surface area (Å²) in [6.45, 7) is 1.59. The molecule has 0 spiro atoms. The molecule has 0 saturated carbocycles. The lowest BCUT2D eigenvalue weighted by Gasteiger charge is -2.17. The van der Waals surface area contributed by atoms with Crippen molar-refractivity contribution in [1.29, 1.82) is 0 Å². The Morgan fingerprint density at radius 1 is 1.36 bits per heavy atom. The predicted molar refractivity (Wildman–Crippen MR) is 82.9 cm³/mol. The molecule has 22 heavy (non-hydrogen) atoms. The topological polar surface area (TPSA) is 57.3 Å². The van der Waals surface area contributed by atoms with Crippen molar-refractivity contribution in [2.75, 3.05) is 29.9 Å². The predicted octanol–water partition coefficient (Wildman–Crippen LogP) is 2.04. The fraction of sp³-hybridized carbons (Fsp3) is 0.571. The second kappa shape index (κ2) is 6.75. The van der Waals surface area contributed by atoms with E-state index < -0.39 is 30.8 Å². The van der Waals surface area contributed by atoms with Gasteiger partial charge < -0.3 is 10.2 Å². The molecule has 0 bridgehead atoms. The van der Waals surface area contributed by atoms with E-state index in [-0.39, 0.29) is 12.4 Å². The van der Waals surface area contributed by atoms with E-state index in [4.69, 9.17) is 0 Å². The third-order valence-corrected chi connectivity index (χ3v) is 3.90. The number of pyridine rings is 1. The monoisotopic (exact) mass is 332 g/mol. The lowest BCUT2D eigenvalue weighted by Crippen LogP contribution is -2.35. The van der Waals surface area contributed by atoms with Gasteiger partial charge in [0.2, 0.25) is 5.91 Å². The maximum absolute atomic E-state index is 13.1. The summed E-state index contributed by atoms with van der Waals surface area (Å²) in [5, 5.41) is 5.10. The number of carbonyl (C=O) groups excluding carboxylic acids is 1. The molecule has 0 aliphatic carbocycles. The first-order valence-electron chi connectivity index (χ1n) is 7.17.